The van der Waals surface area contributed by atoms with Crippen LogP contribution in [0.3, 0.4) is 0 Å². The van der Waals surface area contributed by atoms with Gasteiger partial charge in [-0.1, -0.05) is 32.8 Å². The first-order valence-electron chi connectivity index (χ1n) is 5.68. The summed E-state index contributed by atoms with van der Waals surface area (Å²) in [5, 5.41) is 3.32. The van der Waals surface area contributed by atoms with Crippen molar-refractivity contribution in [2.24, 2.45) is 5.92 Å². The summed E-state index contributed by atoms with van der Waals surface area (Å²) in [6, 6.07) is 5.18. The molecule has 1 nitrogen and oxygen atoms in total. The van der Waals surface area contributed by atoms with Crippen LogP contribution in [0.2, 0.25) is 0 Å². The standard InChI is InChI=1S/C13H20FN/c1-4-11(5-2)9-15-13-8-6-7-12(14)10(13)3/h6-8,11,15H,4-5,9H2,1-3H3. The van der Waals surface area contributed by atoms with E-state index in [0.717, 1.165) is 25.1 Å². The number of halogens is 1. The van der Waals surface area contributed by atoms with Crippen LogP contribution in [0, 0.1) is 18.7 Å². The van der Waals surface area contributed by atoms with Crippen LogP contribution >= 0.6 is 0 Å². The smallest absolute Gasteiger partial charge is 0.128 e. The minimum atomic E-state index is -0.135. The maximum Gasteiger partial charge on any atom is 0.128 e. The van der Waals surface area contributed by atoms with E-state index in [-0.39, 0.29) is 5.82 Å². The molecule has 0 fully saturated rings. The molecule has 0 unspecified atom stereocenters. The monoisotopic (exact) mass is 209 g/mol. The summed E-state index contributed by atoms with van der Waals surface area (Å²) in [5.74, 6) is 0.539. The van der Waals surface area contributed by atoms with Crippen molar-refractivity contribution in [3.05, 3.63) is 29.6 Å². The minimum absolute atomic E-state index is 0.135. The van der Waals surface area contributed by atoms with Crippen molar-refractivity contribution in [1.82, 2.24) is 0 Å². The van der Waals surface area contributed by atoms with E-state index >= 15 is 0 Å². The zero-order valence-electron chi connectivity index (χ0n) is 9.81. The third-order valence-electron chi connectivity index (χ3n) is 3.00. The molecule has 2 heteroatoms. The van der Waals surface area contributed by atoms with Gasteiger partial charge in [-0.3, -0.25) is 0 Å². The maximum atomic E-state index is 13.2. The molecular formula is C13H20FN. The fourth-order valence-electron chi connectivity index (χ4n) is 1.63. The van der Waals surface area contributed by atoms with Gasteiger partial charge in [0.25, 0.3) is 0 Å². The number of nitrogens with one attached hydrogen (secondary N) is 1. The molecule has 0 amide bonds. The maximum absolute atomic E-state index is 13.2. The lowest BCUT2D eigenvalue weighted by Gasteiger charge is -2.15. The van der Waals surface area contributed by atoms with Gasteiger partial charge >= 0.3 is 0 Å². The van der Waals surface area contributed by atoms with Crippen molar-refractivity contribution in [3.63, 3.8) is 0 Å². The summed E-state index contributed by atoms with van der Waals surface area (Å²) in [7, 11) is 0. The molecule has 0 aliphatic rings. The largest absolute Gasteiger partial charge is 0.384 e. The van der Waals surface area contributed by atoms with Crippen LogP contribution in [-0.4, -0.2) is 6.54 Å². The van der Waals surface area contributed by atoms with E-state index in [0.29, 0.717) is 11.5 Å². The predicted molar refractivity (Wildman–Crippen MR) is 63.7 cm³/mol. The van der Waals surface area contributed by atoms with Crippen molar-refractivity contribution in [2.75, 3.05) is 11.9 Å². The summed E-state index contributed by atoms with van der Waals surface area (Å²) in [4.78, 5) is 0. The Balaban J connectivity index is 2.61. The van der Waals surface area contributed by atoms with Gasteiger partial charge in [0.1, 0.15) is 5.82 Å². The van der Waals surface area contributed by atoms with Gasteiger partial charge in [-0.25, -0.2) is 4.39 Å². The normalized spacial score (nSPS) is 10.7. The Morgan fingerprint density at radius 3 is 2.53 bits per heavy atom. The number of benzene rings is 1. The van der Waals surface area contributed by atoms with Gasteiger partial charge in [0, 0.05) is 17.8 Å². The minimum Gasteiger partial charge on any atom is -0.384 e. The van der Waals surface area contributed by atoms with Crippen LogP contribution in [0.15, 0.2) is 18.2 Å². The molecule has 84 valence electrons. The molecule has 0 saturated carbocycles. The highest BCUT2D eigenvalue weighted by atomic mass is 19.1. The molecule has 0 aliphatic carbocycles. The number of hydrogen-bond donors (Lipinski definition) is 1. The molecule has 0 saturated heterocycles. The van der Waals surface area contributed by atoms with Crippen molar-refractivity contribution in [1.29, 1.82) is 0 Å². The Labute approximate surface area is 91.7 Å². The van der Waals surface area contributed by atoms with Crippen LogP contribution < -0.4 is 5.32 Å². The lowest BCUT2D eigenvalue weighted by atomic mass is 10.0. The molecule has 0 aliphatic heterocycles. The molecular weight excluding hydrogens is 189 g/mol. The third-order valence-corrected chi connectivity index (χ3v) is 3.00. The Hall–Kier alpha value is -1.05. The highest BCUT2D eigenvalue weighted by Crippen LogP contribution is 2.18. The second-order valence-electron chi connectivity index (χ2n) is 3.98. The number of anilines is 1. The fourth-order valence-corrected chi connectivity index (χ4v) is 1.63. The highest BCUT2D eigenvalue weighted by molar-refractivity contribution is 5.50. The van der Waals surface area contributed by atoms with Crippen molar-refractivity contribution >= 4 is 5.69 Å². The third kappa shape index (κ3) is 3.22. The fraction of sp³-hybridized carbons (Fsp3) is 0.538. The molecule has 0 spiro atoms. The average molecular weight is 209 g/mol. The topological polar surface area (TPSA) is 12.0 Å². The van der Waals surface area contributed by atoms with Gasteiger partial charge < -0.3 is 5.32 Å². The second kappa shape index (κ2) is 5.74. The summed E-state index contributed by atoms with van der Waals surface area (Å²) < 4.78 is 13.2. The van der Waals surface area contributed by atoms with Crippen LogP contribution in [0.1, 0.15) is 32.3 Å². The van der Waals surface area contributed by atoms with Crippen LogP contribution in [-0.2, 0) is 0 Å². The van der Waals surface area contributed by atoms with Crippen LogP contribution in [0.25, 0.3) is 0 Å². The van der Waals surface area contributed by atoms with E-state index in [1.165, 1.54) is 6.07 Å². The summed E-state index contributed by atoms with van der Waals surface area (Å²) in [5.41, 5.74) is 1.63. The first kappa shape index (κ1) is 12.0. The van der Waals surface area contributed by atoms with Crippen LogP contribution in [0.4, 0.5) is 10.1 Å². The molecule has 1 aromatic carbocycles. The van der Waals surface area contributed by atoms with E-state index in [1.54, 1.807) is 6.07 Å². The van der Waals surface area contributed by atoms with Gasteiger partial charge in [0.2, 0.25) is 0 Å². The van der Waals surface area contributed by atoms with Gasteiger partial charge in [-0.2, -0.15) is 0 Å². The lowest BCUT2D eigenvalue weighted by Crippen LogP contribution is -2.13. The number of rotatable bonds is 5. The molecule has 0 heterocycles. The van der Waals surface area contributed by atoms with Gasteiger partial charge in [-0.05, 0) is 25.0 Å². The summed E-state index contributed by atoms with van der Waals surface area (Å²) in [6.07, 6.45) is 2.33. The van der Waals surface area contributed by atoms with Crippen molar-refractivity contribution < 1.29 is 4.39 Å². The zero-order valence-corrected chi connectivity index (χ0v) is 9.81. The Kier molecular flexibility index (Phi) is 4.60. The van der Waals surface area contributed by atoms with E-state index < -0.39 is 0 Å². The van der Waals surface area contributed by atoms with Crippen molar-refractivity contribution in [2.45, 2.75) is 33.6 Å². The van der Waals surface area contributed by atoms with Crippen LogP contribution in [0.5, 0.6) is 0 Å². The van der Waals surface area contributed by atoms with E-state index in [4.69, 9.17) is 0 Å². The van der Waals surface area contributed by atoms with E-state index in [2.05, 4.69) is 19.2 Å². The molecule has 0 bridgehead atoms. The lowest BCUT2D eigenvalue weighted by molar-refractivity contribution is 0.518. The molecule has 0 atom stereocenters. The molecule has 0 aromatic heterocycles. The quantitative estimate of drug-likeness (QED) is 0.773. The van der Waals surface area contributed by atoms with Gasteiger partial charge in [-0.15, -0.1) is 0 Å². The Morgan fingerprint density at radius 1 is 1.27 bits per heavy atom. The average Bonchev–Trinajstić information content (AvgIpc) is 2.25. The van der Waals surface area contributed by atoms with E-state index in [9.17, 15) is 4.39 Å². The highest BCUT2D eigenvalue weighted by Gasteiger charge is 2.06. The Morgan fingerprint density at radius 2 is 1.93 bits per heavy atom. The zero-order chi connectivity index (χ0) is 11.3. The van der Waals surface area contributed by atoms with Gasteiger partial charge in [0.05, 0.1) is 0 Å². The molecule has 1 rings (SSSR count). The number of hydrogen-bond acceptors (Lipinski definition) is 1. The van der Waals surface area contributed by atoms with E-state index in [1.807, 2.05) is 13.0 Å². The molecule has 1 aromatic rings. The predicted octanol–water partition coefficient (Wildman–Crippen LogP) is 3.98. The molecule has 15 heavy (non-hydrogen) atoms. The molecule has 0 radical (unpaired) electrons. The molecule has 1 N–H and O–H groups in total. The summed E-state index contributed by atoms with van der Waals surface area (Å²) >= 11 is 0. The Bertz CT molecular complexity index is 305. The van der Waals surface area contributed by atoms with Gasteiger partial charge in [0.15, 0.2) is 0 Å². The van der Waals surface area contributed by atoms with Crippen molar-refractivity contribution in [3.8, 4) is 0 Å². The SMILES string of the molecule is CCC(CC)CNc1cccc(F)c1C. The first-order valence-corrected chi connectivity index (χ1v) is 5.68. The second-order valence-corrected chi connectivity index (χ2v) is 3.98. The first-order chi connectivity index (χ1) is 7.19. The summed E-state index contributed by atoms with van der Waals surface area (Å²) in [6.45, 7) is 7.12.